The first-order valence-corrected chi connectivity index (χ1v) is 3.85. The second-order valence-corrected chi connectivity index (χ2v) is 2.37. The van der Waals surface area contributed by atoms with Gasteiger partial charge < -0.3 is 0 Å². The van der Waals surface area contributed by atoms with Crippen LogP contribution in [0.2, 0.25) is 0 Å². The molecule has 0 unspecified atom stereocenters. The minimum absolute atomic E-state index is 0.962. The topological polar surface area (TPSA) is 0 Å². The summed E-state index contributed by atoms with van der Waals surface area (Å²) in [7, 11) is 0. The Morgan fingerprint density at radius 1 is 1.11 bits per heavy atom. The van der Waals surface area contributed by atoms with Gasteiger partial charge >= 0.3 is 0 Å². The highest BCUT2D eigenvalue weighted by Crippen LogP contribution is 2.03. The molecule has 0 N–H and O–H groups in total. The van der Waals surface area contributed by atoms with E-state index in [1.54, 1.807) is 0 Å². The van der Waals surface area contributed by atoms with Crippen LogP contribution in [0.5, 0.6) is 0 Å². The third-order valence-corrected chi connectivity index (χ3v) is 1.42. The first kappa shape index (κ1) is 8.74. The highest BCUT2D eigenvalue weighted by molar-refractivity contribution is 4.51. The van der Waals surface area contributed by atoms with Gasteiger partial charge in [0.25, 0.3) is 0 Å². The quantitative estimate of drug-likeness (QED) is 0.477. The maximum Gasteiger partial charge on any atom is -0.0276 e. The fourth-order valence-corrected chi connectivity index (χ4v) is 0.831. The van der Waals surface area contributed by atoms with Crippen molar-refractivity contribution in [2.75, 3.05) is 0 Å². The third kappa shape index (κ3) is 7.74. The van der Waals surface area contributed by atoms with Crippen molar-refractivity contribution in [1.29, 1.82) is 0 Å². The molecule has 0 nitrogen and oxygen atoms in total. The van der Waals surface area contributed by atoms with Gasteiger partial charge in [-0.25, -0.2) is 0 Å². The van der Waals surface area contributed by atoms with Crippen molar-refractivity contribution < 1.29 is 0 Å². The monoisotopic (exact) mass is 124 g/mol. The molecule has 0 heterocycles. The Labute approximate surface area is 59.0 Å². The van der Waals surface area contributed by atoms with Crippen molar-refractivity contribution in [1.82, 2.24) is 0 Å². The second-order valence-electron chi connectivity index (χ2n) is 2.37. The molecule has 0 atom stereocenters. The molecule has 52 valence electrons. The molecule has 0 aliphatic carbocycles. The summed E-state index contributed by atoms with van der Waals surface area (Å²) in [5, 5.41) is 0. The molecule has 0 aliphatic heterocycles. The van der Waals surface area contributed by atoms with Gasteiger partial charge in [0.2, 0.25) is 0 Å². The molecule has 0 aromatic carbocycles. The van der Waals surface area contributed by atoms with E-state index < -0.39 is 0 Å². The van der Waals surface area contributed by atoms with Gasteiger partial charge in [-0.2, -0.15) is 0 Å². The summed E-state index contributed by atoms with van der Waals surface area (Å²) in [6.07, 6.45) is 10.2. The van der Waals surface area contributed by atoms with Crippen LogP contribution in [0.15, 0.2) is 0 Å². The van der Waals surface area contributed by atoms with Gasteiger partial charge in [0.1, 0.15) is 0 Å². The summed E-state index contributed by atoms with van der Waals surface area (Å²) in [4.78, 5) is 0. The summed E-state index contributed by atoms with van der Waals surface area (Å²) in [5.41, 5.74) is 0. The van der Waals surface area contributed by atoms with E-state index in [2.05, 4.69) is 13.0 Å². The largest absolute Gasteiger partial charge is 0.0654 e. The zero-order valence-electron chi connectivity index (χ0n) is 6.32. The van der Waals surface area contributed by atoms with E-state index >= 15 is 0 Å². The average molecular weight is 124 g/mol. The van der Waals surface area contributed by atoms with E-state index in [0.717, 1.165) is 6.42 Å². The fourth-order valence-electron chi connectivity index (χ4n) is 0.831. The smallest absolute Gasteiger partial charge is 0.0276 e. The molecule has 0 saturated carbocycles. The molecule has 9 heavy (non-hydrogen) atoms. The van der Waals surface area contributed by atoms with Crippen molar-refractivity contribution >= 4 is 0 Å². The fraction of sp³-hybridized carbons (Fsp3) is 0.778. The number of allylic oxidation sites excluding steroid dienone is 1. The Morgan fingerprint density at radius 2 is 1.78 bits per heavy atom. The first-order valence-electron chi connectivity index (χ1n) is 3.85. The molecule has 0 bridgehead atoms. The molecule has 0 aliphatic rings. The Kier molecular flexibility index (Phi) is 7.52. The van der Waals surface area contributed by atoms with Gasteiger partial charge in [-0.05, 0) is 18.9 Å². The minimum atomic E-state index is 0.962. The van der Waals surface area contributed by atoms with Crippen molar-refractivity contribution in [3.8, 4) is 0 Å². The Morgan fingerprint density at radius 3 is 2.33 bits per heavy atom. The summed E-state index contributed by atoms with van der Waals surface area (Å²) >= 11 is 0. The van der Waals surface area contributed by atoms with Crippen LogP contribution < -0.4 is 0 Å². The number of unbranched alkanes of at least 4 members (excludes halogenated alkanes) is 5. The van der Waals surface area contributed by atoms with Crippen molar-refractivity contribution in [3.63, 3.8) is 0 Å². The third-order valence-electron chi connectivity index (χ3n) is 1.42. The molecular weight excluding hydrogens is 108 g/mol. The molecule has 0 amide bonds. The van der Waals surface area contributed by atoms with Crippen LogP contribution in [0.4, 0.5) is 0 Å². The maximum atomic E-state index is 5.09. The van der Waals surface area contributed by atoms with Crippen LogP contribution in [0.25, 0.3) is 0 Å². The summed E-state index contributed by atoms with van der Waals surface area (Å²) in [6.45, 7) is 7.32. The van der Waals surface area contributed by atoms with Crippen LogP contribution in [0.1, 0.15) is 45.4 Å². The van der Waals surface area contributed by atoms with Crippen LogP contribution in [0, 0.1) is 12.7 Å². The summed E-state index contributed by atoms with van der Waals surface area (Å²) < 4.78 is 0. The maximum absolute atomic E-state index is 5.09. The predicted molar refractivity (Wildman–Crippen MR) is 40.9 cm³/mol. The molecule has 0 fully saturated rings. The van der Waals surface area contributed by atoms with E-state index in [-0.39, 0.29) is 0 Å². The number of rotatable bonds is 6. The van der Waals surface area contributed by atoms with Crippen molar-refractivity contribution in [3.05, 3.63) is 12.7 Å². The molecule has 0 saturated heterocycles. The lowest BCUT2D eigenvalue weighted by molar-refractivity contribution is 0.634. The van der Waals surface area contributed by atoms with Gasteiger partial charge in [-0.3, -0.25) is 0 Å². The number of hydrogen-bond acceptors (Lipinski definition) is 0. The summed E-state index contributed by atoms with van der Waals surface area (Å²) in [6, 6.07) is 0. The Bertz CT molecular complexity index is 55.1. The van der Waals surface area contributed by atoms with E-state index in [0.29, 0.717) is 0 Å². The number of hydrogen-bond donors (Lipinski definition) is 0. The molecule has 0 heteroatoms. The lowest BCUT2D eigenvalue weighted by atomic mass is 10.1. The standard InChI is InChI=1S/C9H16/c1-3-5-7-9-8-6-4-2/h1H,4-9H2,2H3. The van der Waals surface area contributed by atoms with Crippen LogP contribution in [-0.2, 0) is 0 Å². The second kappa shape index (κ2) is 7.74. The van der Waals surface area contributed by atoms with Crippen molar-refractivity contribution in [2.24, 2.45) is 0 Å². The van der Waals surface area contributed by atoms with E-state index in [4.69, 9.17) is 6.58 Å². The van der Waals surface area contributed by atoms with E-state index in [1.807, 2.05) is 0 Å². The van der Waals surface area contributed by atoms with Crippen molar-refractivity contribution in [2.45, 2.75) is 45.4 Å². The van der Waals surface area contributed by atoms with Gasteiger partial charge in [0, 0.05) is 0 Å². The normalized spacial score (nSPS) is 9.44. The van der Waals surface area contributed by atoms with Crippen LogP contribution in [0.3, 0.4) is 0 Å². The molecule has 0 aromatic heterocycles. The Balaban J connectivity index is 2.66. The lowest BCUT2D eigenvalue weighted by Crippen LogP contribution is -1.75. The SMILES string of the molecule is [CH]=[C]CCCCCCC. The highest BCUT2D eigenvalue weighted by atomic mass is 13.9. The van der Waals surface area contributed by atoms with Crippen LogP contribution >= 0.6 is 0 Å². The summed E-state index contributed by atoms with van der Waals surface area (Å²) in [5.74, 6) is 0. The first-order chi connectivity index (χ1) is 4.41. The molecule has 0 aromatic rings. The minimum Gasteiger partial charge on any atom is -0.0654 e. The van der Waals surface area contributed by atoms with Gasteiger partial charge in [-0.1, -0.05) is 39.2 Å². The molecule has 0 rings (SSSR count). The van der Waals surface area contributed by atoms with E-state index in [9.17, 15) is 0 Å². The predicted octanol–water partition coefficient (Wildman–Crippen LogP) is 3.14. The Hall–Kier alpha value is -0.260. The average Bonchev–Trinajstić information content (AvgIpc) is 1.89. The van der Waals surface area contributed by atoms with Gasteiger partial charge in [0.05, 0.1) is 0 Å². The van der Waals surface area contributed by atoms with Gasteiger partial charge in [-0.15, -0.1) is 0 Å². The highest BCUT2D eigenvalue weighted by Gasteiger charge is 1.84. The molecule has 2 radical (unpaired) electrons. The zero-order chi connectivity index (χ0) is 6.95. The molecule has 0 spiro atoms. The van der Waals surface area contributed by atoms with Gasteiger partial charge in [0.15, 0.2) is 0 Å². The van der Waals surface area contributed by atoms with Crippen LogP contribution in [-0.4, -0.2) is 0 Å². The zero-order valence-corrected chi connectivity index (χ0v) is 6.32. The molecular formula is C9H16. The lowest BCUT2D eigenvalue weighted by Gasteiger charge is -1.94. The van der Waals surface area contributed by atoms with E-state index in [1.165, 1.54) is 32.1 Å².